The second-order valence-corrected chi connectivity index (χ2v) is 8.45. The van der Waals surface area contributed by atoms with E-state index >= 15 is 0 Å². The largest absolute Gasteiger partial charge is 0.379 e. The Morgan fingerprint density at radius 3 is 2.68 bits per heavy atom. The van der Waals surface area contributed by atoms with Gasteiger partial charge in [-0.2, -0.15) is 0 Å². The Morgan fingerprint density at radius 2 is 1.86 bits per heavy atom. The molecular formula is C19H31N7OS. The van der Waals surface area contributed by atoms with Crippen LogP contribution < -0.4 is 10.2 Å². The molecule has 2 aliphatic heterocycles. The van der Waals surface area contributed by atoms with Gasteiger partial charge in [0.05, 0.1) is 13.2 Å². The molecule has 0 atom stereocenters. The van der Waals surface area contributed by atoms with Gasteiger partial charge in [0.2, 0.25) is 10.3 Å². The van der Waals surface area contributed by atoms with Gasteiger partial charge in [0.1, 0.15) is 0 Å². The van der Waals surface area contributed by atoms with Crippen LogP contribution >= 0.6 is 11.3 Å². The minimum atomic E-state index is 0.847. The highest BCUT2D eigenvalue weighted by Gasteiger charge is 2.19. The lowest BCUT2D eigenvalue weighted by atomic mass is 10.3. The smallest absolute Gasteiger partial charge is 0.218 e. The summed E-state index contributed by atoms with van der Waals surface area (Å²) in [7, 11) is 2.17. The van der Waals surface area contributed by atoms with Crippen LogP contribution in [0.3, 0.4) is 0 Å². The Labute approximate surface area is 171 Å². The summed E-state index contributed by atoms with van der Waals surface area (Å²) in [5, 5.41) is 14.4. The molecule has 1 N–H and O–H groups in total. The zero-order valence-electron chi connectivity index (χ0n) is 16.7. The highest BCUT2D eigenvalue weighted by atomic mass is 32.1. The van der Waals surface area contributed by atoms with Crippen molar-refractivity contribution in [1.82, 2.24) is 29.9 Å². The molecule has 8 nitrogen and oxygen atoms in total. The molecule has 0 aromatic carbocycles. The van der Waals surface area contributed by atoms with E-state index in [-0.39, 0.29) is 0 Å². The number of ether oxygens (including phenoxy) is 1. The Morgan fingerprint density at radius 1 is 1.07 bits per heavy atom. The molecule has 2 fully saturated rings. The monoisotopic (exact) mass is 405 g/mol. The van der Waals surface area contributed by atoms with Gasteiger partial charge in [-0.05, 0) is 38.7 Å². The van der Waals surface area contributed by atoms with Crippen LogP contribution in [-0.2, 0) is 11.3 Å². The molecule has 2 saturated heterocycles. The minimum Gasteiger partial charge on any atom is -0.379 e. The molecule has 2 aromatic heterocycles. The molecule has 0 radical (unpaired) electrons. The van der Waals surface area contributed by atoms with E-state index in [0.717, 1.165) is 88.8 Å². The minimum absolute atomic E-state index is 0.847. The molecule has 0 bridgehead atoms. The molecule has 0 unspecified atom stereocenters. The second-order valence-electron chi connectivity index (χ2n) is 7.51. The van der Waals surface area contributed by atoms with Gasteiger partial charge < -0.3 is 19.9 Å². The SMILES string of the molecule is CN1CCN(c2nnc(-n3cccc3CNCCCN3CCOCC3)s2)CC1. The Balaban J connectivity index is 1.26. The van der Waals surface area contributed by atoms with Crippen molar-refractivity contribution < 1.29 is 4.74 Å². The predicted molar refractivity (Wildman–Crippen MR) is 113 cm³/mol. The van der Waals surface area contributed by atoms with Gasteiger partial charge in [-0.25, -0.2) is 0 Å². The van der Waals surface area contributed by atoms with Crippen LogP contribution in [0.5, 0.6) is 0 Å². The summed E-state index contributed by atoms with van der Waals surface area (Å²) in [5.41, 5.74) is 1.23. The van der Waals surface area contributed by atoms with Crippen LogP contribution in [0.2, 0.25) is 0 Å². The van der Waals surface area contributed by atoms with Crippen molar-refractivity contribution in [2.45, 2.75) is 13.0 Å². The van der Waals surface area contributed by atoms with E-state index in [1.165, 1.54) is 5.69 Å². The van der Waals surface area contributed by atoms with Gasteiger partial charge in [0, 0.05) is 57.7 Å². The fourth-order valence-electron chi connectivity index (χ4n) is 3.65. The number of hydrogen-bond acceptors (Lipinski definition) is 8. The molecule has 0 amide bonds. The maximum atomic E-state index is 5.40. The molecule has 9 heteroatoms. The third-order valence-corrected chi connectivity index (χ3v) is 6.44. The molecular weight excluding hydrogens is 374 g/mol. The summed E-state index contributed by atoms with van der Waals surface area (Å²) < 4.78 is 7.56. The highest BCUT2D eigenvalue weighted by molar-refractivity contribution is 7.17. The Kier molecular flexibility index (Phi) is 6.92. The molecule has 4 heterocycles. The maximum absolute atomic E-state index is 5.40. The van der Waals surface area contributed by atoms with Gasteiger partial charge in [-0.3, -0.25) is 9.47 Å². The van der Waals surface area contributed by atoms with E-state index in [9.17, 15) is 0 Å². The molecule has 0 aliphatic carbocycles. The average molecular weight is 406 g/mol. The number of nitrogens with one attached hydrogen (secondary N) is 1. The van der Waals surface area contributed by atoms with E-state index in [1.54, 1.807) is 11.3 Å². The van der Waals surface area contributed by atoms with E-state index in [4.69, 9.17) is 4.74 Å². The van der Waals surface area contributed by atoms with Gasteiger partial charge in [-0.1, -0.05) is 11.3 Å². The molecule has 0 saturated carbocycles. The first-order chi connectivity index (χ1) is 13.8. The zero-order valence-corrected chi connectivity index (χ0v) is 17.5. The molecule has 0 spiro atoms. The third kappa shape index (κ3) is 5.09. The van der Waals surface area contributed by atoms with E-state index in [1.807, 2.05) is 0 Å². The predicted octanol–water partition coefficient (Wildman–Crippen LogP) is 0.893. The summed E-state index contributed by atoms with van der Waals surface area (Å²) in [6.07, 6.45) is 3.24. The lowest BCUT2D eigenvalue weighted by Gasteiger charge is -2.31. The van der Waals surface area contributed by atoms with Crippen molar-refractivity contribution in [3.8, 4) is 5.13 Å². The number of likely N-dealkylation sites (N-methyl/N-ethyl adjacent to an activating group) is 1. The molecule has 2 aromatic rings. The second kappa shape index (κ2) is 9.80. The molecule has 154 valence electrons. The number of morpholine rings is 1. The van der Waals surface area contributed by atoms with Gasteiger partial charge in [0.25, 0.3) is 0 Å². The summed E-state index contributed by atoms with van der Waals surface area (Å²) in [5.74, 6) is 0. The average Bonchev–Trinajstić information content (AvgIpc) is 3.38. The normalized spacial score (nSPS) is 19.4. The van der Waals surface area contributed by atoms with Crippen LogP contribution in [0.1, 0.15) is 12.1 Å². The van der Waals surface area contributed by atoms with E-state index < -0.39 is 0 Å². The lowest BCUT2D eigenvalue weighted by molar-refractivity contribution is 0.0374. The van der Waals surface area contributed by atoms with Crippen molar-refractivity contribution in [2.75, 3.05) is 77.5 Å². The van der Waals surface area contributed by atoms with Gasteiger partial charge in [0.15, 0.2) is 0 Å². The van der Waals surface area contributed by atoms with Crippen LogP contribution in [0, 0.1) is 0 Å². The van der Waals surface area contributed by atoms with Crippen molar-refractivity contribution in [3.63, 3.8) is 0 Å². The summed E-state index contributed by atoms with van der Waals surface area (Å²) in [6.45, 7) is 11.1. The number of anilines is 1. The fraction of sp³-hybridized carbons (Fsp3) is 0.684. The van der Waals surface area contributed by atoms with Crippen molar-refractivity contribution in [2.24, 2.45) is 0 Å². The number of aromatic nitrogens is 3. The number of nitrogens with zero attached hydrogens (tertiary/aromatic N) is 6. The Hall–Kier alpha value is -1.52. The molecule has 2 aliphatic rings. The first kappa shape index (κ1) is 19.8. The molecule has 4 rings (SSSR count). The van der Waals surface area contributed by atoms with Crippen molar-refractivity contribution >= 4 is 16.5 Å². The summed E-state index contributed by atoms with van der Waals surface area (Å²) >= 11 is 1.68. The lowest BCUT2D eigenvalue weighted by Crippen LogP contribution is -2.44. The number of piperazine rings is 1. The van der Waals surface area contributed by atoms with Gasteiger partial charge >= 0.3 is 0 Å². The topological polar surface area (TPSA) is 61.7 Å². The maximum Gasteiger partial charge on any atom is 0.218 e. The highest BCUT2D eigenvalue weighted by Crippen LogP contribution is 2.25. The van der Waals surface area contributed by atoms with Crippen LogP contribution in [0.25, 0.3) is 5.13 Å². The van der Waals surface area contributed by atoms with Gasteiger partial charge in [-0.15, -0.1) is 10.2 Å². The number of hydrogen-bond donors (Lipinski definition) is 1. The molecule has 28 heavy (non-hydrogen) atoms. The zero-order chi connectivity index (χ0) is 19.2. The van der Waals surface area contributed by atoms with E-state index in [2.05, 4.69) is 60.2 Å². The third-order valence-electron chi connectivity index (χ3n) is 5.45. The van der Waals surface area contributed by atoms with Crippen molar-refractivity contribution in [1.29, 1.82) is 0 Å². The summed E-state index contributed by atoms with van der Waals surface area (Å²) in [6, 6.07) is 4.24. The standard InChI is InChI=1S/C19H31N7OS/c1-23-8-10-25(11-9-23)18-21-22-19(28-18)26-7-2-4-17(26)16-20-5-3-6-24-12-14-27-15-13-24/h2,4,7,20H,3,5-6,8-16H2,1H3. The van der Waals surface area contributed by atoms with Crippen LogP contribution in [-0.4, -0.2) is 97.2 Å². The fourth-order valence-corrected chi connectivity index (χ4v) is 4.56. The Bertz CT molecular complexity index is 719. The quantitative estimate of drug-likeness (QED) is 0.655. The van der Waals surface area contributed by atoms with Crippen LogP contribution in [0.4, 0.5) is 5.13 Å². The van der Waals surface area contributed by atoms with E-state index in [0.29, 0.717) is 0 Å². The first-order valence-corrected chi connectivity index (χ1v) is 11.1. The first-order valence-electron chi connectivity index (χ1n) is 10.2. The number of rotatable bonds is 8. The van der Waals surface area contributed by atoms with Crippen LogP contribution in [0.15, 0.2) is 18.3 Å². The summed E-state index contributed by atoms with van der Waals surface area (Å²) in [4.78, 5) is 7.18. The van der Waals surface area contributed by atoms with Crippen molar-refractivity contribution in [3.05, 3.63) is 24.0 Å².